The summed E-state index contributed by atoms with van der Waals surface area (Å²) in [6.45, 7) is 1.67. The number of hydrogen-bond donors (Lipinski definition) is 2. The normalized spacial score (nSPS) is 20.9. The molecule has 0 aliphatic heterocycles. The molecule has 3 aromatic rings. The van der Waals surface area contributed by atoms with Gasteiger partial charge in [0, 0.05) is 35.3 Å². The lowest BCUT2D eigenvalue weighted by atomic mass is 9.81. The third-order valence-corrected chi connectivity index (χ3v) is 9.81. The van der Waals surface area contributed by atoms with Crippen LogP contribution in [0.1, 0.15) is 79.2 Å². The molecular weight excluding hydrogens is 545 g/mol. The number of nitrogens with zero attached hydrogens (tertiary/aromatic N) is 3. The molecule has 216 valence electrons. The van der Waals surface area contributed by atoms with E-state index in [4.69, 9.17) is 5.10 Å². The minimum atomic E-state index is -4.13. The van der Waals surface area contributed by atoms with E-state index in [0.29, 0.717) is 42.1 Å². The topological polar surface area (TPSA) is 114 Å². The number of benzene rings is 1. The number of carbonyl (C=O) groups is 1. The molecule has 2 aromatic heterocycles. The molecule has 1 amide bonds. The van der Waals surface area contributed by atoms with Crippen LogP contribution >= 0.6 is 0 Å². The number of alkyl halides is 3. The zero-order chi connectivity index (χ0) is 28.7. The summed E-state index contributed by atoms with van der Waals surface area (Å²) in [5.41, 5.74) is 2.40. The van der Waals surface area contributed by atoms with Crippen molar-refractivity contribution in [2.45, 2.75) is 75.0 Å². The lowest BCUT2D eigenvalue weighted by Gasteiger charge is -2.30. The summed E-state index contributed by atoms with van der Waals surface area (Å²) in [7, 11) is -3.42. The molecule has 2 fully saturated rings. The maximum atomic E-state index is 13.1. The van der Waals surface area contributed by atoms with Crippen LogP contribution in [-0.2, 0) is 16.4 Å². The van der Waals surface area contributed by atoms with Gasteiger partial charge in [-0.15, -0.1) is 0 Å². The summed E-state index contributed by atoms with van der Waals surface area (Å²) in [5, 5.41) is 18.4. The lowest BCUT2D eigenvalue weighted by Crippen LogP contribution is -2.31. The Morgan fingerprint density at radius 3 is 2.42 bits per heavy atom. The number of carbonyl (C=O) groups excluding carboxylic acids is 1. The van der Waals surface area contributed by atoms with E-state index in [1.54, 1.807) is 12.1 Å². The summed E-state index contributed by atoms with van der Waals surface area (Å²) >= 11 is 0. The number of sulfone groups is 1. The van der Waals surface area contributed by atoms with Gasteiger partial charge in [-0.2, -0.15) is 18.3 Å². The van der Waals surface area contributed by atoms with E-state index in [1.165, 1.54) is 25.3 Å². The molecule has 2 saturated carbocycles. The minimum Gasteiger partial charge on any atom is -0.394 e. The number of aliphatic hydroxyl groups excluding tert-OH is 1. The molecular formula is C28H33F3N4O4S. The summed E-state index contributed by atoms with van der Waals surface area (Å²) in [6, 6.07) is 7.28. The van der Waals surface area contributed by atoms with E-state index < -0.39 is 40.5 Å². The maximum Gasteiger partial charge on any atom is 0.391 e. The zero-order valence-corrected chi connectivity index (χ0v) is 23.0. The molecule has 2 aliphatic carbocycles. The van der Waals surface area contributed by atoms with Gasteiger partial charge in [0.05, 0.1) is 40.4 Å². The fourth-order valence-corrected chi connectivity index (χ4v) is 6.36. The Morgan fingerprint density at radius 2 is 1.85 bits per heavy atom. The quantitative estimate of drug-likeness (QED) is 0.372. The molecule has 5 rings (SSSR count). The third kappa shape index (κ3) is 6.02. The Labute approximate surface area is 230 Å². The first kappa shape index (κ1) is 28.5. The van der Waals surface area contributed by atoms with Gasteiger partial charge < -0.3 is 10.4 Å². The van der Waals surface area contributed by atoms with Crippen LogP contribution in [-0.4, -0.2) is 52.7 Å². The number of pyridine rings is 1. The molecule has 2 heterocycles. The minimum absolute atomic E-state index is 0.0614. The van der Waals surface area contributed by atoms with Crippen molar-refractivity contribution < 1.29 is 31.5 Å². The van der Waals surface area contributed by atoms with Crippen molar-refractivity contribution in [1.29, 1.82) is 0 Å². The van der Waals surface area contributed by atoms with Crippen LogP contribution in [0.15, 0.2) is 41.4 Å². The van der Waals surface area contributed by atoms with Crippen LogP contribution in [0.2, 0.25) is 0 Å². The van der Waals surface area contributed by atoms with Crippen LogP contribution in [0, 0.1) is 11.8 Å². The highest BCUT2D eigenvalue weighted by Gasteiger charge is 2.41. The van der Waals surface area contributed by atoms with Crippen molar-refractivity contribution in [2.24, 2.45) is 11.8 Å². The van der Waals surface area contributed by atoms with Crippen LogP contribution in [0.25, 0.3) is 10.9 Å². The number of fused-ring (bicyclic) bond motifs is 1. The number of aliphatic hydroxyl groups is 1. The number of halogens is 3. The van der Waals surface area contributed by atoms with Crippen LogP contribution in [0.3, 0.4) is 0 Å². The molecule has 1 atom stereocenters. The second-order valence-corrected chi connectivity index (χ2v) is 13.1. The molecule has 0 spiro atoms. The molecule has 8 nitrogen and oxygen atoms in total. The molecule has 12 heteroatoms. The Kier molecular flexibility index (Phi) is 7.93. The first-order valence-electron chi connectivity index (χ1n) is 13.7. The second kappa shape index (κ2) is 11.1. The fourth-order valence-electron chi connectivity index (χ4n) is 5.54. The zero-order valence-electron chi connectivity index (χ0n) is 22.2. The second-order valence-electron chi connectivity index (χ2n) is 10.9. The third-order valence-electron chi connectivity index (χ3n) is 8.09. The molecule has 0 saturated heterocycles. The van der Waals surface area contributed by atoms with Crippen molar-refractivity contribution in [2.75, 3.05) is 12.4 Å². The average molecular weight is 579 g/mol. The number of hydrogen-bond acceptors (Lipinski definition) is 6. The van der Waals surface area contributed by atoms with Gasteiger partial charge in [0.2, 0.25) is 0 Å². The van der Waals surface area contributed by atoms with Gasteiger partial charge in [0.25, 0.3) is 5.91 Å². The number of amides is 1. The number of aromatic nitrogens is 3. The Hall–Kier alpha value is -2.99. The van der Waals surface area contributed by atoms with Crippen LogP contribution in [0.5, 0.6) is 0 Å². The highest BCUT2D eigenvalue weighted by atomic mass is 32.2. The van der Waals surface area contributed by atoms with Gasteiger partial charge in [-0.25, -0.2) is 8.42 Å². The predicted octanol–water partition coefficient (Wildman–Crippen LogP) is 4.93. The molecule has 2 aliphatic rings. The van der Waals surface area contributed by atoms with Crippen LogP contribution < -0.4 is 5.32 Å². The summed E-state index contributed by atoms with van der Waals surface area (Å²) < 4.78 is 65.3. The highest BCUT2D eigenvalue weighted by Crippen LogP contribution is 2.45. The van der Waals surface area contributed by atoms with Gasteiger partial charge in [0.1, 0.15) is 0 Å². The lowest BCUT2D eigenvalue weighted by molar-refractivity contribution is -0.184. The van der Waals surface area contributed by atoms with E-state index >= 15 is 0 Å². The van der Waals surface area contributed by atoms with Crippen LogP contribution in [0.4, 0.5) is 13.2 Å². The van der Waals surface area contributed by atoms with Gasteiger partial charge in [0.15, 0.2) is 9.84 Å². The van der Waals surface area contributed by atoms with E-state index in [2.05, 4.69) is 10.3 Å². The first-order chi connectivity index (χ1) is 19.0. The van der Waals surface area contributed by atoms with E-state index in [0.717, 1.165) is 23.9 Å². The highest BCUT2D eigenvalue weighted by molar-refractivity contribution is 7.91. The molecule has 2 N–H and O–H groups in total. The average Bonchev–Trinajstić information content (AvgIpc) is 3.71. The van der Waals surface area contributed by atoms with Crippen molar-refractivity contribution >= 4 is 26.6 Å². The van der Waals surface area contributed by atoms with E-state index in [1.807, 2.05) is 10.7 Å². The Balaban J connectivity index is 1.32. The van der Waals surface area contributed by atoms with Gasteiger partial charge in [-0.3, -0.25) is 14.5 Å². The summed E-state index contributed by atoms with van der Waals surface area (Å²) in [4.78, 5) is 17.3. The van der Waals surface area contributed by atoms with Crippen molar-refractivity contribution in [3.63, 3.8) is 0 Å². The number of rotatable bonds is 9. The van der Waals surface area contributed by atoms with Gasteiger partial charge in [-0.1, -0.05) is 13.0 Å². The number of nitrogens with one attached hydrogen (secondary N) is 1. The SMILES string of the molecule is CCS(=O)(=O)c1ccc(C(CO)NC(=O)c2ccc3c(C4CC4)n(CC4CCC(C(F)(F)F)CC4)nc3c2)nc1. The predicted molar refractivity (Wildman–Crippen MR) is 142 cm³/mol. The van der Waals surface area contributed by atoms with Crippen molar-refractivity contribution in [3.05, 3.63) is 53.5 Å². The molecule has 0 radical (unpaired) electrons. The van der Waals surface area contributed by atoms with E-state index in [-0.39, 0.29) is 29.4 Å². The van der Waals surface area contributed by atoms with Gasteiger partial charge in [-0.05, 0) is 68.7 Å². The summed E-state index contributed by atoms with van der Waals surface area (Å²) in [5.74, 6) is -1.23. The summed E-state index contributed by atoms with van der Waals surface area (Å²) in [6.07, 6.45) is 0.482. The molecule has 1 aromatic carbocycles. The van der Waals surface area contributed by atoms with Gasteiger partial charge >= 0.3 is 6.18 Å². The standard InChI is InChI=1S/C28H33F3N4O4S/c1-2-40(38,39)21-10-12-23(32-14-21)25(16-36)33-27(37)19-7-11-22-24(13-19)34-35(26(22)18-5-6-18)15-17-3-8-20(9-4-17)28(29,30)31/h7,10-14,17-18,20,25,36H,2-6,8-9,15-16H2,1H3,(H,33,37). The van der Waals surface area contributed by atoms with E-state index in [9.17, 15) is 31.5 Å². The fraction of sp³-hybridized carbons (Fsp3) is 0.536. The molecule has 0 bridgehead atoms. The van der Waals surface area contributed by atoms with Crippen molar-refractivity contribution in [1.82, 2.24) is 20.1 Å². The molecule has 1 unspecified atom stereocenters. The monoisotopic (exact) mass is 578 g/mol. The molecule has 40 heavy (non-hydrogen) atoms. The Bertz CT molecular complexity index is 1480. The Morgan fingerprint density at radius 1 is 1.12 bits per heavy atom. The largest absolute Gasteiger partial charge is 0.394 e. The van der Waals surface area contributed by atoms with Crippen molar-refractivity contribution in [3.8, 4) is 0 Å². The first-order valence-corrected chi connectivity index (χ1v) is 15.3. The maximum absolute atomic E-state index is 13.1. The smallest absolute Gasteiger partial charge is 0.391 e.